The Balaban J connectivity index is 2.28. The first-order valence-electron chi connectivity index (χ1n) is 6.20. The van der Waals surface area contributed by atoms with E-state index in [1.807, 2.05) is 18.2 Å². The molecule has 0 aliphatic heterocycles. The van der Waals surface area contributed by atoms with E-state index in [1.165, 1.54) is 0 Å². The Labute approximate surface area is 111 Å². The minimum absolute atomic E-state index is 0.0254. The summed E-state index contributed by atoms with van der Waals surface area (Å²) in [5.41, 5.74) is 4.92. The fraction of sp³-hybridized carbons (Fsp3) is 0.125. The van der Waals surface area contributed by atoms with Gasteiger partial charge >= 0.3 is 0 Å². The van der Waals surface area contributed by atoms with Crippen LogP contribution in [0.15, 0.2) is 48.8 Å². The fourth-order valence-electron chi connectivity index (χ4n) is 2.26. The monoisotopic (exact) mass is 250 g/mol. The van der Waals surface area contributed by atoms with E-state index in [9.17, 15) is 5.11 Å². The highest BCUT2D eigenvalue weighted by Gasteiger charge is 2.07. The van der Waals surface area contributed by atoms with Crippen LogP contribution in [-0.2, 0) is 6.61 Å². The zero-order valence-corrected chi connectivity index (χ0v) is 10.7. The molecule has 0 amide bonds. The zero-order valence-electron chi connectivity index (χ0n) is 10.7. The number of benzene rings is 1. The Morgan fingerprint density at radius 3 is 2.79 bits per heavy atom. The molecule has 2 aromatic heterocycles. The van der Waals surface area contributed by atoms with Crippen LogP contribution in [-0.4, -0.2) is 15.1 Å². The van der Waals surface area contributed by atoms with E-state index in [-0.39, 0.29) is 6.61 Å². The van der Waals surface area contributed by atoms with E-state index in [4.69, 9.17) is 0 Å². The van der Waals surface area contributed by atoms with Crippen LogP contribution in [0.5, 0.6) is 0 Å². The Bertz CT molecular complexity index is 738. The molecule has 94 valence electrons. The quantitative estimate of drug-likeness (QED) is 0.760. The van der Waals surface area contributed by atoms with E-state index in [0.717, 1.165) is 33.3 Å². The Morgan fingerprint density at radius 1 is 1.05 bits per heavy atom. The van der Waals surface area contributed by atoms with Gasteiger partial charge in [0.05, 0.1) is 17.8 Å². The number of rotatable bonds is 2. The van der Waals surface area contributed by atoms with Gasteiger partial charge in [0.25, 0.3) is 0 Å². The molecule has 0 bridgehead atoms. The second-order valence-electron chi connectivity index (χ2n) is 4.54. The Morgan fingerprint density at radius 2 is 1.95 bits per heavy atom. The lowest BCUT2D eigenvalue weighted by molar-refractivity contribution is 0.282. The molecule has 1 N–H and O–H groups in total. The molecule has 3 rings (SSSR count). The summed E-state index contributed by atoms with van der Waals surface area (Å²) in [4.78, 5) is 8.83. The number of aliphatic hydroxyl groups excluding tert-OH is 1. The summed E-state index contributed by atoms with van der Waals surface area (Å²) in [6.45, 7) is 2.08. The van der Waals surface area contributed by atoms with Gasteiger partial charge in [-0.25, -0.2) is 0 Å². The van der Waals surface area contributed by atoms with Crippen LogP contribution >= 0.6 is 0 Å². The summed E-state index contributed by atoms with van der Waals surface area (Å²) in [5.74, 6) is 0. The third-order valence-corrected chi connectivity index (χ3v) is 3.25. The fourth-order valence-corrected chi connectivity index (χ4v) is 2.26. The highest BCUT2D eigenvalue weighted by Crippen LogP contribution is 2.28. The largest absolute Gasteiger partial charge is 0.392 e. The topological polar surface area (TPSA) is 46.0 Å². The minimum Gasteiger partial charge on any atom is -0.392 e. The highest BCUT2D eigenvalue weighted by atomic mass is 16.3. The molecule has 0 fully saturated rings. The molecule has 0 saturated carbocycles. The molecule has 3 nitrogen and oxygen atoms in total. The van der Waals surface area contributed by atoms with Crippen LogP contribution in [0.1, 0.15) is 11.1 Å². The van der Waals surface area contributed by atoms with Crippen LogP contribution in [0.4, 0.5) is 0 Å². The predicted octanol–water partition coefficient (Wildman–Crippen LogP) is 3.10. The van der Waals surface area contributed by atoms with Gasteiger partial charge in [0.15, 0.2) is 0 Å². The van der Waals surface area contributed by atoms with Crippen molar-refractivity contribution >= 4 is 10.9 Å². The van der Waals surface area contributed by atoms with Gasteiger partial charge in [-0.1, -0.05) is 18.2 Å². The third kappa shape index (κ3) is 2.09. The summed E-state index contributed by atoms with van der Waals surface area (Å²) in [5, 5.41) is 10.3. The summed E-state index contributed by atoms with van der Waals surface area (Å²) >= 11 is 0. The Kier molecular flexibility index (Phi) is 2.97. The molecule has 0 atom stereocenters. The van der Waals surface area contributed by atoms with Gasteiger partial charge in [0.1, 0.15) is 0 Å². The van der Waals surface area contributed by atoms with E-state index < -0.39 is 0 Å². The lowest BCUT2D eigenvalue weighted by Crippen LogP contribution is -1.91. The van der Waals surface area contributed by atoms with E-state index >= 15 is 0 Å². The molecule has 0 radical (unpaired) electrons. The third-order valence-electron chi connectivity index (χ3n) is 3.25. The lowest BCUT2D eigenvalue weighted by Gasteiger charge is -2.08. The van der Waals surface area contributed by atoms with Crippen molar-refractivity contribution in [3.05, 3.63) is 59.9 Å². The molecule has 2 heterocycles. The molecule has 1 aromatic carbocycles. The molecule has 0 unspecified atom stereocenters. The van der Waals surface area contributed by atoms with Crippen LogP contribution in [0.3, 0.4) is 0 Å². The van der Waals surface area contributed by atoms with Gasteiger partial charge in [-0.05, 0) is 36.2 Å². The maximum Gasteiger partial charge on any atom is 0.0737 e. The molecule has 3 heteroatoms. The van der Waals surface area contributed by atoms with Crippen molar-refractivity contribution in [3.63, 3.8) is 0 Å². The van der Waals surface area contributed by atoms with Crippen molar-refractivity contribution < 1.29 is 5.11 Å². The van der Waals surface area contributed by atoms with Crippen LogP contribution in [0, 0.1) is 6.92 Å². The zero-order chi connectivity index (χ0) is 13.2. The number of aromatic nitrogens is 2. The number of aryl methyl sites for hydroxylation is 1. The number of nitrogens with zero attached hydrogens (tertiary/aromatic N) is 2. The number of hydrogen-bond donors (Lipinski definition) is 1. The highest BCUT2D eigenvalue weighted by molar-refractivity contribution is 5.95. The molecule has 0 aliphatic rings. The number of fused-ring (bicyclic) bond motifs is 1. The summed E-state index contributed by atoms with van der Waals surface area (Å²) < 4.78 is 0. The first-order valence-corrected chi connectivity index (χ1v) is 6.20. The normalized spacial score (nSPS) is 10.8. The molecular formula is C16H14N2O. The van der Waals surface area contributed by atoms with Gasteiger partial charge in [-0.15, -0.1) is 0 Å². The predicted molar refractivity (Wildman–Crippen MR) is 75.6 cm³/mol. The SMILES string of the molecule is Cc1ccc(-c2cc(CO)ccn2)c2cccnc12. The van der Waals surface area contributed by atoms with Crippen molar-refractivity contribution in [2.24, 2.45) is 0 Å². The van der Waals surface area contributed by atoms with Crippen LogP contribution < -0.4 is 0 Å². The van der Waals surface area contributed by atoms with Gasteiger partial charge < -0.3 is 5.11 Å². The molecule has 19 heavy (non-hydrogen) atoms. The molecule has 0 saturated heterocycles. The minimum atomic E-state index is 0.0254. The van der Waals surface area contributed by atoms with Crippen molar-refractivity contribution in [2.75, 3.05) is 0 Å². The first-order chi connectivity index (χ1) is 9.29. The van der Waals surface area contributed by atoms with Gasteiger partial charge in [0.2, 0.25) is 0 Å². The number of hydrogen-bond acceptors (Lipinski definition) is 3. The number of pyridine rings is 2. The molecule has 0 aliphatic carbocycles. The summed E-state index contributed by atoms with van der Waals surface area (Å²) in [6, 6.07) is 11.8. The summed E-state index contributed by atoms with van der Waals surface area (Å²) in [7, 11) is 0. The lowest BCUT2D eigenvalue weighted by atomic mass is 10.0. The van der Waals surface area contributed by atoms with Crippen molar-refractivity contribution in [2.45, 2.75) is 13.5 Å². The van der Waals surface area contributed by atoms with Crippen molar-refractivity contribution in [1.29, 1.82) is 0 Å². The average Bonchev–Trinajstić information content (AvgIpc) is 2.48. The standard InChI is InChI=1S/C16H14N2O/c1-11-4-5-13(14-3-2-7-18-16(11)14)15-9-12(10-19)6-8-17-15/h2-9,19H,10H2,1H3. The van der Waals surface area contributed by atoms with E-state index in [2.05, 4.69) is 35.1 Å². The van der Waals surface area contributed by atoms with E-state index in [0.29, 0.717) is 0 Å². The smallest absolute Gasteiger partial charge is 0.0737 e. The van der Waals surface area contributed by atoms with Gasteiger partial charge in [-0.2, -0.15) is 0 Å². The average molecular weight is 250 g/mol. The molecule has 0 spiro atoms. The second-order valence-corrected chi connectivity index (χ2v) is 4.54. The maximum atomic E-state index is 9.23. The second kappa shape index (κ2) is 4.78. The van der Waals surface area contributed by atoms with E-state index in [1.54, 1.807) is 12.4 Å². The van der Waals surface area contributed by atoms with Gasteiger partial charge in [0, 0.05) is 23.3 Å². The van der Waals surface area contributed by atoms with Crippen LogP contribution in [0.2, 0.25) is 0 Å². The number of aliphatic hydroxyl groups is 1. The molecule has 3 aromatic rings. The van der Waals surface area contributed by atoms with Crippen molar-refractivity contribution in [1.82, 2.24) is 9.97 Å². The first kappa shape index (κ1) is 11.8. The van der Waals surface area contributed by atoms with Crippen molar-refractivity contribution in [3.8, 4) is 11.3 Å². The summed E-state index contributed by atoms with van der Waals surface area (Å²) in [6.07, 6.45) is 3.53. The Hall–Kier alpha value is -2.26. The maximum absolute atomic E-state index is 9.23. The van der Waals surface area contributed by atoms with Gasteiger partial charge in [-0.3, -0.25) is 9.97 Å². The van der Waals surface area contributed by atoms with Crippen LogP contribution in [0.25, 0.3) is 22.2 Å². The molecular weight excluding hydrogens is 236 g/mol.